The maximum Gasteiger partial charge on any atom is 0.104 e. The highest BCUT2D eigenvalue weighted by Crippen LogP contribution is 2.48. The smallest absolute Gasteiger partial charge is 0.104 e. The molecule has 0 heterocycles. The Morgan fingerprint density at radius 1 is 1.35 bits per heavy atom. The average molecular weight is 288 g/mol. The fraction of sp³-hybridized carbons (Fsp3) is 0.588. The Bertz CT molecular complexity index is 526. The van der Waals surface area contributed by atoms with Crippen molar-refractivity contribution in [1.82, 2.24) is 0 Å². The standard InChI is InChI=1S/C17H24N2S/c1-11-7-15(5-6-16(11)17(18)20)19(2)10-14-9-12-3-4-13(14)8-12/h5-7,12-14H,3-4,8-10H2,1-2H3,(H2,18,20). The molecule has 2 bridgehead atoms. The van der Waals surface area contributed by atoms with E-state index in [1.807, 2.05) is 0 Å². The molecule has 0 saturated heterocycles. The second-order valence-corrected chi connectivity index (χ2v) is 7.12. The maximum atomic E-state index is 5.73. The van der Waals surface area contributed by atoms with E-state index in [-0.39, 0.29) is 0 Å². The summed E-state index contributed by atoms with van der Waals surface area (Å²) in [6.45, 7) is 3.27. The van der Waals surface area contributed by atoms with Gasteiger partial charge in [0, 0.05) is 24.8 Å². The third-order valence-corrected chi connectivity index (χ3v) is 5.53. The van der Waals surface area contributed by atoms with Crippen molar-refractivity contribution in [3.05, 3.63) is 29.3 Å². The summed E-state index contributed by atoms with van der Waals surface area (Å²) in [7, 11) is 2.21. The number of hydrogen-bond acceptors (Lipinski definition) is 2. The molecule has 2 aliphatic carbocycles. The van der Waals surface area contributed by atoms with Gasteiger partial charge in [0.05, 0.1) is 0 Å². The number of rotatable bonds is 4. The van der Waals surface area contributed by atoms with Gasteiger partial charge in [-0.3, -0.25) is 0 Å². The summed E-state index contributed by atoms with van der Waals surface area (Å²) in [5, 5.41) is 0. The van der Waals surface area contributed by atoms with E-state index in [1.54, 1.807) is 0 Å². The van der Waals surface area contributed by atoms with E-state index in [1.165, 1.54) is 43.5 Å². The van der Waals surface area contributed by atoms with Gasteiger partial charge in [0.2, 0.25) is 0 Å². The van der Waals surface area contributed by atoms with Gasteiger partial charge in [-0.05, 0) is 67.7 Å². The Labute approximate surface area is 127 Å². The molecule has 0 radical (unpaired) electrons. The van der Waals surface area contributed by atoms with Crippen LogP contribution in [-0.2, 0) is 0 Å². The molecule has 20 heavy (non-hydrogen) atoms. The van der Waals surface area contributed by atoms with Crippen molar-refractivity contribution in [1.29, 1.82) is 0 Å². The van der Waals surface area contributed by atoms with Crippen LogP contribution in [0.25, 0.3) is 0 Å². The van der Waals surface area contributed by atoms with Crippen LogP contribution in [0.5, 0.6) is 0 Å². The number of aryl methyl sites for hydroxylation is 1. The highest BCUT2D eigenvalue weighted by Gasteiger charge is 2.39. The molecule has 2 saturated carbocycles. The van der Waals surface area contributed by atoms with Crippen molar-refractivity contribution in [2.24, 2.45) is 23.5 Å². The lowest BCUT2D eigenvalue weighted by Crippen LogP contribution is -2.28. The second-order valence-electron chi connectivity index (χ2n) is 6.68. The van der Waals surface area contributed by atoms with Crippen molar-refractivity contribution in [3.63, 3.8) is 0 Å². The zero-order valence-corrected chi connectivity index (χ0v) is 13.2. The molecule has 2 N–H and O–H groups in total. The van der Waals surface area contributed by atoms with Crippen LogP contribution in [0.3, 0.4) is 0 Å². The number of hydrogen-bond donors (Lipinski definition) is 1. The molecule has 0 aliphatic heterocycles. The van der Waals surface area contributed by atoms with Gasteiger partial charge in [0.1, 0.15) is 4.99 Å². The SMILES string of the molecule is Cc1cc(N(C)CC2CC3CCC2C3)ccc1C(N)=S. The minimum absolute atomic E-state index is 0.491. The van der Waals surface area contributed by atoms with Gasteiger partial charge in [-0.1, -0.05) is 18.6 Å². The van der Waals surface area contributed by atoms with Gasteiger partial charge in [-0.25, -0.2) is 0 Å². The normalized spacial score (nSPS) is 27.8. The van der Waals surface area contributed by atoms with Crippen LogP contribution in [0.4, 0.5) is 5.69 Å². The predicted molar refractivity (Wildman–Crippen MR) is 89.3 cm³/mol. The first-order chi connectivity index (χ1) is 9.54. The Hall–Kier alpha value is -1.09. The number of benzene rings is 1. The van der Waals surface area contributed by atoms with E-state index >= 15 is 0 Å². The molecule has 0 spiro atoms. The van der Waals surface area contributed by atoms with Gasteiger partial charge in [-0.15, -0.1) is 0 Å². The van der Waals surface area contributed by atoms with Crippen LogP contribution in [0.1, 0.15) is 36.8 Å². The molecule has 2 aliphatic rings. The molecule has 0 aromatic heterocycles. The minimum Gasteiger partial charge on any atom is -0.389 e. The summed E-state index contributed by atoms with van der Waals surface area (Å²) >= 11 is 5.07. The van der Waals surface area contributed by atoms with Crippen molar-refractivity contribution in [2.45, 2.75) is 32.6 Å². The number of fused-ring (bicyclic) bond motifs is 2. The van der Waals surface area contributed by atoms with E-state index in [4.69, 9.17) is 18.0 Å². The summed E-state index contributed by atoms with van der Waals surface area (Å²) < 4.78 is 0. The van der Waals surface area contributed by atoms with E-state index in [9.17, 15) is 0 Å². The molecule has 2 nitrogen and oxygen atoms in total. The Morgan fingerprint density at radius 3 is 2.70 bits per heavy atom. The zero-order valence-electron chi connectivity index (χ0n) is 12.4. The maximum absolute atomic E-state index is 5.73. The molecule has 1 aromatic rings. The monoisotopic (exact) mass is 288 g/mol. The molecule has 0 amide bonds. The van der Waals surface area contributed by atoms with Gasteiger partial charge < -0.3 is 10.6 Å². The van der Waals surface area contributed by atoms with Gasteiger partial charge in [-0.2, -0.15) is 0 Å². The molecule has 3 rings (SSSR count). The highest BCUT2D eigenvalue weighted by atomic mass is 32.1. The Morgan fingerprint density at radius 2 is 2.15 bits per heavy atom. The Balaban J connectivity index is 1.69. The first-order valence-corrected chi connectivity index (χ1v) is 8.07. The quantitative estimate of drug-likeness (QED) is 0.860. The van der Waals surface area contributed by atoms with Gasteiger partial charge >= 0.3 is 0 Å². The fourth-order valence-electron chi connectivity index (χ4n) is 4.22. The summed E-state index contributed by atoms with van der Waals surface area (Å²) in [6, 6.07) is 6.42. The molecule has 3 unspecified atom stereocenters. The molecular weight excluding hydrogens is 264 g/mol. The number of anilines is 1. The van der Waals surface area contributed by atoms with Crippen LogP contribution < -0.4 is 10.6 Å². The van der Waals surface area contributed by atoms with Crippen LogP contribution in [0.15, 0.2) is 18.2 Å². The van der Waals surface area contributed by atoms with Crippen molar-refractivity contribution in [2.75, 3.05) is 18.5 Å². The molecule has 3 atom stereocenters. The molecular formula is C17H24N2S. The first-order valence-electron chi connectivity index (χ1n) is 7.66. The van der Waals surface area contributed by atoms with Crippen LogP contribution in [0, 0.1) is 24.7 Å². The largest absolute Gasteiger partial charge is 0.389 e. The van der Waals surface area contributed by atoms with E-state index in [0.717, 1.165) is 23.3 Å². The first kappa shape index (κ1) is 13.9. The van der Waals surface area contributed by atoms with E-state index in [2.05, 4.69) is 37.1 Å². The number of nitrogens with two attached hydrogens (primary N) is 1. The fourth-order valence-corrected chi connectivity index (χ4v) is 4.45. The summed E-state index contributed by atoms with van der Waals surface area (Å²) in [5.41, 5.74) is 9.19. The van der Waals surface area contributed by atoms with Crippen LogP contribution >= 0.6 is 12.2 Å². The van der Waals surface area contributed by atoms with E-state index in [0.29, 0.717) is 4.99 Å². The topological polar surface area (TPSA) is 29.3 Å². The highest BCUT2D eigenvalue weighted by molar-refractivity contribution is 7.80. The van der Waals surface area contributed by atoms with Crippen LogP contribution in [-0.4, -0.2) is 18.6 Å². The zero-order chi connectivity index (χ0) is 14.3. The van der Waals surface area contributed by atoms with Gasteiger partial charge in [0.15, 0.2) is 0 Å². The summed E-state index contributed by atoms with van der Waals surface area (Å²) in [4.78, 5) is 2.90. The average Bonchev–Trinajstić information content (AvgIpc) is 3.00. The summed E-state index contributed by atoms with van der Waals surface area (Å²) in [6.07, 6.45) is 5.87. The molecule has 108 valence electrons. The lowest BCUT2D eigenvalue weighted by molar-refractivity contribution is 0.337. The Kier molecular flexibility index (Phi) is 3.72. The number of nitrogens with zero attached hydrogens (tertiary/aromatic N) is 1. The molecule has 2 fully saturated rings. The minimum atomic E-state index is 0.491. The van der Waals surface area contributed by atoms with Crippen molar-refractivity contribution in [3.8, 4) is 0 Å². The number of thiocarbonyl (C=S) groups is 1. The third-order valence-electron chi connectivity index (χ3n) is 5.31. The predicted octanol–water partition coefficient (Wildman–Crippen LogP) is 3.50. The third kappa shape index (κ3) is 2.56. The lowest BCUT2D eigenvalue weighted by atomic mass is 9.88. The second kappa shape index (κ2) is 5.36. The lowest BCUT2D eigenvalue weighted by Gasteiger charge is -2.29. The summed E-state index contributed by atoms with van der Waals surface area (Å²) in [5.74, 6) is 2.91. The van der Waals surface area contributed by atoms with Crippen molar-refractivity contribution >= 4 is 22.9 Å². The molecule has 1 aromatic carbocycles. The molecule has 3 heteroatoms. The van der Waals surface area contributed by atoms with E-state index < -0.39 is 0 Å². The van der Waals surface area contributed by atoms with Crippen LogP contribution in [0.2, 0.25) is 0 Å². The van der Waals surface area contributed by atoms with Gasteiger partial charge in [0.25, 0.3) is 0 Å². The van der Waals surface area contributed by atoms with Crippen molar-refractivity contribution < 1.29 is 0 Å².